The molecule has 4 N–H and O–H groups in total. The van der Waals surface area contributed by atoms with Crippen molar-refractivity contribution in [2.24, 2.45) is 5.92 Å². The number of aromatic amines is 1. The first-order chi connectivity index (χ1) is 14.0. The summed E-state index contributed by atoms with van der Waals surface area (Å²) in [6.07, 6.45) is 1.61. The molecule has 3 aromatic rings. The number of carbonyl (C=O) groups excluding carboxylic acids is 1. The van der Waals surface area contributed by atoms with Gasteiger partial charge in [0.25, 0.3) is 5.91 Å². The van der Waals surface area contributed by atoms with Gasteiger partial charge >= 0.3 is 5.97 Å². The lowest BCUT2D eigenvalue weighted by molar-refractivity contribution is 0.0696. The molecule has 0 radical (unpaired) electrons. The topological polar surface area (TPSA) is 112 Å². The number of likely N-dealkylation sites (tertiary alicyclic amines) is 1. The van der Waals surface area contributed by atoms with Crippen LogP contribution in [0.15, 0.2) is 54.6 Å². The average Bonchev–Trinajstić information content (AvgIpc) is 3.35. The van der Waals surface area contributed by atoms with E-state index in [0.717, 1.165) is 24.0 Å². The standard InChI is InChI=1S/C22H22N4O3/c23-20-18(16-6-2-1-3-7-16)19(24-25-20)21(27)26-10-9-15(13-26)11-14-5-4-8-17(12-14)22(28)29/h1-8,12,15H,9-11,13H2,(H,28,29)(H3,23,24,25). The number of amides is 1. The van der Waals surface area contributed by atoms with Gasteiger partial charge in [0.1, 0.15) is 5.69 Å². The van der Waals surface area contributed by atoms with Gasteiger partial charge in [-0.2, -0.15) is 5.10 Å². The van der Waals surface area contributed by atoms with E-state index >= 15 is 0 Å². The van der Waals surface area contributed by atoms with Gasteiger partial charge in [-0.25, -0.2) is 4.79 Å². The molecular weight excluding hydrogens is 368 g/mol. The van der Waals surface area contributed by atoms with E-state index in [0.29, 0.717) is 30.2 Å². The Balaban J connectivity index is 1.48. The molecule has 2 aromatic carbocycles. The highest BCUT2D eigenvalue weighted by Gasteiger charge is 2.30. The van der Waals surface area contributed by atoms with E-state index in [4.69, 9.17) is 10.8 Å². The summed E-state index contributed by atoms with van der Waals surface area (Å²) in [5, 5.41) is 16.0. The lowest BCUT2D eigenvalue weighted by Gasteiger charge is -2.17. The molecule has 4 rings (SSSR count). The molecule has 148 valence electrons. The Kier molecular flexibility index (Phi) is 5.03. The van der Waals surface area contributed by atoms with E-state index in [-0.39, 0.29) is 17.4 Å². The van der Waals surface area contributed by atoms with Crippen molar-refractivity contribution in [1.29, 1.82) is 0 Å². The molecule has 7 heteroatoms. The number of hydrogen-bond donors (Lipinski definition) is 3. The number of nitrogens with two attached hydrogens (primary N) is 1. The van der Waals surface area contributed by atoms with Crippen molar-refractivity contribution >= 4 is 17.7 Å². The second kappa shape index (κ2) is 7.79. The molecule has 0 bridgehead atoms. The largest absolute Gasteiger partial charge is 0.478 e. The summed E-state index contributed by atoms with van der Waals surface area (Å²) >= 11 is 0. The van der Waals surface area contributed by atoms with Gasteiger partial charge in [-0.15, -0.1) is 0 Å². The molecule has 0 saturated carbocycles. The second-order valence-electron chi connectivity index (χ2n) is 7.34. The maximum Gasteiger partial charge on any atom is 0.335 e. The molecular formula is C22H22N4O3. The predicted molar refractivity (Wildman–Crippen MR) is 110 cm³/mol. The molecule has 1 fully saturated rings. The summed E-state index contributed by atoms with van der Waals surface area (Å²) in [5.74, 6) is -0.459. The molecule has 1 unspecified atom stereocenters. The highest BCUT2D eigenvalue weighted by atomic mass is 16.4. The number of carbonyl (C=O) groups is 2. The van der Waals surface area contributed by atoms with Crippen molar-refractivity contribution in [2.45, 2.75) is 12.8 Å². The maximum atomic E-state index is 13.1. The van der Waals surface area contributed by atoms with Crippen molar-refractivity contribution < 1.29 is 14.7 Å². The number of benzene rings is 2. The average molecular weight is 390 g/mol. The highest BCUT2D eigenvalue weighted by Crippen LogP contribution is 2.30. The number of carboxylic acid groups (broad SMARTS) is 1. The minimum Gasteiger partial charge on any atom is -0.478 e. The monoisotopic (exact) mass is 390 g/mol. The third-order valence-corrected chi connectivity index (χ3v) is 5.34. The van der Waals surface area contributed by atoms with Gasteiger partial charge in [0.2, 0.25) is 0 Å². The van der Waals surface area contributed by atoms with Gasteiger partial charge in [-0.1, -0.05) is 42.5 Å². The lowest BCUT2D eigenvalue weighted by Crippen LogP contribution is -2.29. The summed E-state index contributed by atoms with van der Waals surface area (Å²) in [6, 6.07) is 16.5. The van der Waals surface area contributed by atoms with Crippen LogP contribution in [-0.2, 0) is 6.42 Å². The molecule has 1 atom stereocenters. The number of anilines is 1. The van der Waals surface area contributed by atoms with Crippen molar-refractivity contribution in [1.82, 2.24) is 15.1 Å². The summed E-state index contributed by atoms with van der Waals surface area (Å²) in [7, 11) is 0. The fourth-order valence-corrected chi connectivity index (χ4v) is 3.91. The molecule has 29 heavy (non-hydrogen) atoms. The van der Waals surface area contributed by atoms with Crippen LogP contribution in [0.4, 0.5) is 5.82 Å². The van der Waals surface area contributed by atoms with Crippen LogP contribution in [0.25, 0.3) is 11.1 Å². The highest BCUT2D eigenvalue weighted by molar-refractivity contribution is 6.01. The number of nitrogen functional groups attached to an aromatic ring is 1. The van der Waals surface area contributed by atoms with Crippen LogP contribution in [0, 0.1) is 5.92 Å². The number of rotatable bonds is 5. The van der Waals surface area contributed by atoms with Gasteiger partial charge in [0.15, 0.2) is 5.82 Å². The minimum atomic E-state index is -0.930. The summed E-state index contributed by atoms with van der Waals surface area (Å²) in [5.41, 5.74) is 9.16. The van der Waals surface area contributed by atoms with Crippen LogP contribution < -0.4 is 5.73 Å². The van der Waals surface area contributed by atoms with Crippen molar-refractivity contribution in [3.63, 3.8) is 0 Å². The number of nitrogens with one attached hydrogen (secondary N) is 1. The molecule has 1 saturated heterocycles. The van der Waals surface area contributed by atoms with Crippen LogP contribution >= 0.6 is 0 Å². The lowest BCUT2D eigenvalue weighted by atomic mass is 9.97. The van der Waals surface area contributed by atoms with Crippen LogP contribution in [0.3, 0.4) is 0 Å². The zero-order valence-electron chi connectivity index (χ0n) is 15.8. The zero-order valence-corrected chi connectivity index (χ0v) is 15.8. The predicted octanol–water partition coefficient (Wildman–Crippen LogP) is 3.06. The second-order valence-corrected chi connectivity index (χ2v) is 7.34. The van der Waals surface area contributed by atoms with Crippen LogP contribution in [0.1, 0.15) is 32.8 Å². The number of nitrogens with zero attached hydrogens (tertiary/aromatic N) is 2. The first-order valence-electron chi connectivity index (χ1n) is 9.53. The van der Waals surface area contributed by atoms with Gasteiger partial charge in [-0.3, -0.25) is 9.89 Å². The molecule has 1 amide bonds. The van der Waals surface area contributed by atoms with E-state index < -0.39 is 5.97 Å². The molecule has 1 aliphatic heterocycles. The van der Waals surface area contributed by atoms with E-state index in [1.807, 2.05) is 41.3 Å². The Morgan fingerprint density at radius 1 is 1.17 bits per heavy atom. The van der Waals surface area contributed by atoms with Crippen LogP contribution in [-0.4, -0.2) is 45.2 Å². The fraction of sp³-hybridized carbons (Fsp3) is 0.227. The molecule has 7 nitrogen and oxygen atoms in total. The zero-order chi connectivity index (χ0) is 20.4. The quantitative estimate of drug-likeness (QED) is 0.620. The molecule has 1 aliphatic rings. The Morgan fingerprint density at radius 2 is 1.97 bits per heavy atom. The minimum absolute atomic E-state index is 0.116. The van der Waals surface area contributed by atoms with E-state index in [1.165, 1.54) is 0 Å². The van der Waals surface area contributed by atoms with Crippen molar-refractivity contribution in [3.05, 3.63) is 71.4 Å². The Bertz CT molecular complexity index is 1050. The molecule has 0 spiro atoms. The number of aromatic carboxylic acids is 1. The van der Waals surface area contributed by atoms with Gasteiger partial charge in [0.05, 0.1) is 11.1 Å². The third-order valence-electron chi connectivity index (χ3n) is 5.34. The van der Waals surface area contributed by atoms with Gasteiger partial charge in [0, 0.05) is 13.1 Å². The van der Waals surface area contributed by atoms with E-state index in [2.05, 4.69) is 10.2 Å². The van der Waals surface area contributed by atoms with E-state index in [9.17, 15) is 9.59 Å². The van der Waals surface area contributed by atoms with Gasteiger partial charge < -0.3 is 15.7 Å². The number of H-pyrrole nitrogens is 1. The Labute approximate surface area is 168 Å². The fourth-order valence-electron chi connectivity index (χ4n) is 3.91. The molecule has 0 aliphatic carbocycles. The number of hydrogen-bond acceptors (Lipinski definition) is 4. The van der Waals surface area contributed by atoms with Crippen molar-refractivity contribution in [3.8, 4) is 11.1 Å². The number of carboxylic acids is 1. The maximum absolute atomic E-state index is 13.1. The van der Waals surface area contributed by atoms with Crippen LogP contribution in [0.2, 0.25) is 0 Å². The third kappa shape index (κ3) is 3.85. The normalized spacial score (nSPS) is 16.1. The Morgan fingerprint density at radius 3 is 2.72 bits per heavy atom. The summed E-state index contributed by atoms with van der Waals surface area (Å²) < 4.78 is 0. The van der Waals surface area contributed by atoms with Crippen molar-refractivity contribution in [2.75, 3.05) is 18.8 Å². The number of aromatic nitrogens is 2. The molecule has 1 aromatic heterocycles. The summed E-state index contributed by atoms with van der Waals surface area (Å²) in [4.78, 5) is 26.1. The SMILES string of the molecule is Nc1n[nH]c(C(=O)N2CCC(Cc3cccc(C(=O)O)c3)C2)c1-c1ccccc1. The van der Waals surface area contributed by atoms with Gasteiger partial charge in [-0.05, 0) is 42.0 Å². The first kappa shape index (κ1) is 18.7. The summed E-state index contributed by atoms with van der Waals surface area (Å²) in [6.45, 7) is 1.26. The molecule has 2 heterocycles. The smallest absolute Gasteiger partial charge is 0.335 e. The van der Waals surface area contributed by atoms with E-state index in [1.54, 1.807) is 18.2 Å². The van der Waals surface area contributed by atoms with Crippen LogP contribution in [0.5, 0.6) is 0 Å². The first-order valence-corrected chi connectivity index (χ1v) is 9.53. The Hall–Kier alpha value is -3.61.